The second-order valence-electron chi connectivity index (χ2n) is 7.72. The summed E-state index contributed by atoms with van der Waals surface area (Å²) in [4.78, 5) is 27.3. The van der Waals surface area contributed by atoms with Gasteiger partial charge in [0.1, 0.15) is 11.9 Å². The van der Waals surface area contributed by atoms with Crippen molar-refractivity contribution in [1.82, 2.24) is 10.2 Å². The van der Waals surface area contributed by atoms with Crippen molar-refractivity contribution < 1.29 is 14.0 Å². The third kappa shape index (κ3) is 5.69. The van der Waals surface area contributed by atoms with Gasteiger partial charge in [0.05, 0.1) is 0 Å². The summed E-state index contributed by atoms with van der Waals surface area (Å²) in [6.45, 7) is 4.27. The van der Waals surface area contributed by atoms with Crippen molar-refractivity contribution in [3.8, 4) is 0 Å². The Hall–Kier alpha value is -3.21. The molecule has 1 unspecified atom stereocenters. The molecule has 0 saturated heterocycles. The molecule has 162 valence electrons. The molecular weight excluding hydrogens is 391 g/mol. The first kappa shape index (κ1) is 22.5. The molecule has 5 heteroatoms. The average Bonchev–Trinajstić information content (AvgIpc) is 2.80. The quantitative estimate of drug-likeness (QED) is 0.538. The minimum Gasteiger partial charge on any atom is -0.354 e. The molecule has 2 amide bonds. The van der Waals surface area contributed by atoms with E-state index in [-0.39, 0.29) is 30.6 Å². The van der Waals surface area contributed by atoms with E-state index in [1.165, 1.54) is 11.0 Å². The van der Waals surface area contributed by atoms with E-state index in [0.29, 0.717) is 18.5 Å². The number of halogens is 1. The molecule has 3 aromatic rings. The monoisotopic (exact) mass is 420 g/mol. The predicted molar refractivity (Wildman–Crippen MR) is 122 cm³/mol. The molecule has 4 nitrogen and oxygen atoms in total. The van der Waals surface area contributed by atoms with Crippen molar-refractivity contribution in [3.05, 3.63) is 83.7 Å². The van der Waals surface area contributed by atoms with Crippen LogP contribution in [0.3, 0.4) is 0 Å². The minimum atomic E-state index is -0.689. The summed E-state index contributed by atoms with van der Waals surface area (Å²) in [6, 6.07) is 19.8. The smallest absolute Gasteiger partial charge is 0.242 e. The van der Waals surface area contributed by atoms with Gasteiger partial charge in [-0.2, -0.15) is 0 Å². The third-order valence-corrected chi connectivity index (χ3v) is 5.50. The molecule has 0 aliphatic rings. The van der Waals surface area contributed by atoms with Gasteiger partial charge in [0, 0.05) is 25.1 Å². The zero-order chi connectivity index (χ0) is 22.2. The van der Waals surface area contributed by atoms with Gasteiger partial charge in [-0.3, -0.25) is 9.59 Å². The number of amides is 2. The van der Waals surface area contributed by atoms with Crippen molar-refractivity contribution in [2.45, 2.75) is 45.7 Å². The Morgan fingerprint density at radius 3 is 2.42 bits per heavy atom. The average molecular weight is 421 g/mol. The topological polar surface area (TPSA) is 49.4 Å². The van der Waals surface area contributed by atoms with Crippen LogP contribution in [0.25, 0.3) is 10.8 Å². The number of nitrogens with zero attached hydrogens (tertiary/aromatic N) is 1. The van der Waals surface area contributed by atoms with Gasteiger partial charge in [-0.1, -0.05) is 67.6 Å². The van der Waals surface area contributed by atoms with Crippen LogP contribution in [0.4, 0.5) is 4.39 Å². The standard InChI is InChI=1S/C26H29FN2O2/c1-3-17-28-26(31)19(2)29(18-22-10-5-7-14-24(22)27)25(30)16-15-21-12-8-11-20-9-4-6-13-23(20)21/h4-14,19H,3,15-18H2,1-2H3,(H,28,31). The van der Waals surface area contributed by atoms with Crippen LogP contribution in [0, 0.1) is 5.82 Å². The Kier molecular flexibility index (Phi) is 7.76. The number of carbonyl (C=O) groups is 2. The summed E-state index contributed by atoms with van der Waals surface area (Å²) in [5, 5.41) is 5.08. The van der Waals surface area contributed by atoms with Crippen molar-refractivity contribution in [1.29, 1.82) is 0 Å². The lowest BCUT2D eigenvalue weighted by atomic mass is 10.0. The third-order valence-electron chi connectivity index (χ3n) is 5.50. The lowest BCUT2D eigenvalue weighted by Crippen LogP contribution is -2.47. The fourth-order valence-electron chi connectivity index (χ4n) is 3.68. The first-order valence-electron chi connectivity index (χ1n) is 10.8. The first-order chi connectivity index (χ1) is 15.0. The van der Waals surface area contributed by atoms with Crippen molar-refractivity contribution in [2.24, 2.45) is 0 Å². The predicted octanol–water partition coefficient (Wildman–Crippen LogP) is 4.86. The number of nitrogens with one attached hydrogen (secondary N) is 1. The van der Waals surface area contributed by atoms with E-state index in [0.717, 1.165) is 22.8 Å². The summed E-state index contributed by atoms with van der Waals surface area (Å²) in [5.41, 5.74) is 1.48. The number of benzene rings is 3. The van der Waals surface area contributed by atoms with Crippen LogP contribution in [0.15, 0.2) is 66.7 Å². The van der Waals surface area contributed by atoms with Gasteiger partial charge in [-0.25, -0.2) is 4.39 Å². The van der Waals surface area contributed by atoms with E-state index in [2.05, 4.69) is 5.32 Å². The number of hydrogen-bond donors (Lipinski definition) is 1. The van der Waals surface area contributed by atoms with Crippen LogP contribution >= 0.6 is 0 Å². The van der Waals surface area contributed by atoms with Crippen LogP contribution in [-0.2, 0) is 22.6 Å². The maximum absolute atomic E-state index is 14.3. The van der Waals surface area contributed by atoms with Crippen molar-refractivity contribution in [2.75, 3.05) is 6.54 Å². The molecule has 0 fully saturated rings. The summed E-state index contributed by atoms with van der Waals surface area (Å²) in [7, 11) is 0. The molecule has 0 aromatic heterocycles. The summed E-state index contributed by atoms with van der Waals surface area (Å²) in [6.07, 6.45) is 1.60. The number of aryl methyl sites for hydroxylation is 1. The molecule has 31 heavy (non-hydrogen) atoms. The van der Waals surface area contributed by atoms with Crippen LogP contribution in [0.5, 0.6) is 0 Å². The SMILES string of the molecule is CCCNC(=O)C(C)N(Cc1ccccc1F)C(=O)CCc1cccc2ccccc12. The molecule has 3 rings (SSSR count). The van der Waals surface area contributed by atoms with E-state index in [4.69, 9.17) is 0 Å². The molecule has 0 bridgehead atoms. The van der Waals surface area contributed by atoms with Gasteiger partial charge < -0.3 is 10.2 Å². The Bertz CT molecular complexity index is 1050. The normalized spacial score (nSPS) is 11.8. The molecule has 0 saturated carbocycles. The summed E-state index contributed by atoms with van der Waals surface area (Å²) in [5.74, 6) is -0.775. The molecule has 1 N–H and O–H groups in total. The van der Waals surface area contributed by atoms with E-state index in [9.17, 15) is 14.0 Å². The highest BCUT2D eigenvalue weighted by molar-refractivity contribution is 5.88. The number of fused-ring (bicyclic) bond motifs is 1. The van der Waals surface area contributed by atoms with Gasteiger partial charge >= 0.3 is 0 Å². The van der Waals surface area contributed by atoms with Crippen molar-refractivity contribution in [3.63, 3.8) is 0 Å². The fourth-order valence-corrected chi connectivity index (χ4v) is 3.68. The van der Waals surface area contributed by atoms with Crippen molar-refractivity contribution >= 4 is 22.6 Å². The number of carbonyl (C=O) groups excluding carboxylic acids is 2. The van der Waals surface area contributed by atoms with Gasteiger partial charge in [0.2, 0.25) is 11.8 Å². The number of rotatable bonds is 9. The maximum atomic E-state index is 14.3. The molecule has 0 radical (unpaired) electrons. The van der Waals surface area contributed by atoms with Gasteiger partial charge in [-0.15, -0.1) is 0 Å². The molecule has 1 atom stereocenters. The largest absolute Gasteiger partial charge is 0.354 e. The maximum Gasteiger partial charge on any atom is 0.242 e. The van der Waals surface area contributed by atoms with Crippen LogP contribution in [0.1, 0.15) is 37.8 Å². The van der Waals surface area contributed by atoms with Crippen LogP contribution < -0.4 is 5.32 Å². The Balaban J connectivity index is 1.79. The van der Waals surface area contributed by atoms with E-state index in [1.807, 2.05) is 49.4 Å². The van der Waals surface area contributed by atoms with E-state index in [1.54, 1.807) is 25.1 Å². The molecule has 0 heterocycles. The number of hydrogen-bond acceptors (Lipinski definition) is 2. The second-order valence-corrected chi connectivity index (χ2v) is 7.72. The zero-order valence-electron chi connectivity index (χ0n) is 18.1. The molecule has 0 aliphatic heterocycles. The first-order valence-corrected chi connectivity index (χ1v) is 10.8. The van der Waals surface area contributed by atoms with Crippen LogP contribution in [-0.4, -0.2) is 29.3 Å². The highest BCUT2D eigenvalue weighted by Crippen LogP contribution is 2.21. The van der Waals surface area contributed by atoms with Crippen LogP contribution in [0.2, 0.25) is 0 Å². The minimum absolute atomic E-state index is 0.0573. The second kappa shape index (κ2) is 10.7. The molecule has 0 spiro atoms. The lowest BCUT2D eigenvalue weighted by Gasteiger charge is -2.29. The summed E-state index contributed by atoms with van der Waals surface area (Å²) >= 11 is 0. The zero-order valence-corrected chi connectivity index (χ0v) is 18.1. The van der Waals surface area contributed by atoms with Gasteiger partial charge in [-0.05, 0) is 42.2 Å². The van der Waals surface area contributed by atoms with E-state index < -0.39 is 6.04 Å². The Morgan fingerprint density at radius 1 is 0.968 bits per heavy atom. The molecule has 3 aromatic carbocycles. The Morgan fingerprint density at radius 2 is 1.65 bits per heavy atom. The Labute approximate surface area is 183 Å². The summed E-state index contributed by atoms with van der Waals surface area (Å²) < 4.78 is 14.3. The highest BCUT2D eigenvalue weighted by Gasteiger charge is 2.26. The van der Waals surface area contributed by atoms with Gasteiger partial charge in [0.15, 0.2) is 0 Å². The highest BCUT2D eigenvalue weighted by atomic mass is 19.1. The van der Waals surface area contributed by atoms with E-state index >= 15 is 0 Å². The fraction of sp³-hybridized carbons (Fsp3) is 0.308. The molecule has 0 aliphatic carbocycles. The lowest BCUT2D eigenvalue weighted by molar-refractivity contribution is -0.140. The van der Waals surface area contributed by atoms with Gasteiger partial charge in [0.25, 0.3) is 0 Å². The molecular formula is C26H29FN2O2.